The first-order valence-electron chi connectivity index (χ1n) is 9.82. The van der Waals surface area contributed by atoms with E-state index in [4.69, 9.17) is 4.98 Å². The number of aromatic amines is 1. The van der Waals surface area contributed by atoms with Gasteiger partial charge in [-0.2, -0.15) is 4.31 Å². The van der Waals surface area contributed by atoms with E-state index in [1.165, 1.54) is 28.2 Å². The van der Waals surface area contributed by atoms with Crippen molar-refractivity contribution in [2.75, 3.05) is 26.2 Å². The molecule has 3 aromatic rings. The third-order valence-electron chi connectivity index (χ3n) is 5.67. The number of thiophene rings is 2. The molecule has 7 nitrogen and oxygen atoms in total. The van der Waals surface area contributed by atoms with Crippen LogP contribution in [-0.4, -0.2) is 53.8 Å². The summed E-state index contributed by atoms with van der Waals surface area (Å²) in [6, 6.07) is 3.41. The van der Waals surface area contributed by atoms with Crippen LogP contribution >= 0.6 is 22.7 Å². The Kier molecular flexibility index (Phi) is 5.07. The monoisotopic (exact) mass is 450 g/mol. The summed E-state index contributed by atoms with van der Waals surface area (Å²) in [5.74, 6) is 0.663. The van der Waals surface area contributed by atoms with E-state index in [2.05, 4.69) is 9.88 Å². The van der Waals surface area contributed by atoms with Gasteiger partial charge in [0, 0.05) is 31.1 Å². The summed E-state index contributed by atoms with van der Waals surface area (Å²) in [5, 5.41) is 2.56. The van der Waals surface area contributed by atoms with Gasteiger partial charge >= 0.3 is 0 Å². The van der Waals surface area contributed by atoms with Gasteiger partial charge in [-0.05, 0) is 42.7 Å². The van der Waals surface area contributed by atoms with Gasteiger partial charge in [-0.3, -0.25) is 9.69 Å². The van der Waals surface area contributed by atoms with Crippen LogP contribution < -0.4 is 5.56 Å². The van der Waals surface area contributed by atoms with E-state index < -0.39 is 10.0 Å². The smallest absolute Gasteiger partial charge is 0.259 e. The molecule has 0 saturated carbocycles. The Balaban J connectivity index is 1.31. The Labute approximate surface area is 177 Å². The first-order chi connectivity index (χ1) is 14.0. The molecule has 5 rings (SSSR count). The molecule has 0 amide bonds. The molecular weight excluding hydrogens is 428 g/mol. The highest BCUT2D eigenvalue weighted by molar-refractivity contribution is 7.91. The van der Waals surface area contributed by atoms with Crippen LogP contribution in [0.15, 0.2) is 26.5 Å². The number of hydrogen-bond donors (Lipinski definition) is 1. The van der Waals surface area contributed by atoms with Crippen LogP contribution in [0.25, 0.3) is 10.2 Å². The number of hydrogen-bond acceptors (Lipinski definition) is 7. The van der Waals surface area contributed by atoms with E-state index in [-0.39, 0.29) is 5.56 Å². The lowest BCUT2D eigenvalue weighted by Crippen LogP contribution is -2.48. The molecule has 0 unspecified atom stereocenters. The number of aromatic nitrogens is 2. The topological polar surface area (TPSA) is 86.4 Å². The maximum Gasteiger partial charge on any atom is 0.259 e. The van der Waals surface area contributed by atoms with Crippen molar-refractivity contribution < 1.29 is 8.42 Å². The van der Waals surface area contributed by atoms with Gasteiger partial charge in [-0.1, -0.05) is 6.07 Å². The molecule has 3 aromatic heterocycles. The maximum absolute atomic E-state index is 12.7. The lowest BCUT2D eigenvalue weighted by atomic mass is 9.97. The van der Waals surface area contributed by atoms with Gasteiger partial charge in [0.1, 0.15) is 14.9 Å². The zero-order valence-corrected chi connectivity index (χ0v) is 18.3. The van der Waals surface area contributed by atoms with E-state index in [1.807, 2.05) is 0 Å². The SMILES string of the molecule is O=c1[nH]c(CN2CCN(S(=O)(=O)c3cccs3)CC2)nc2sc3c(c12)CCCC3. The molecule has 0 spiro atoms. The van der Waals surface area contributed by atoms with Crippen LogP contribution in [0, 0.1) is 0 Å². The van der Waals surface area contributed by atoms with E-state index >= 15 is 0 Å². The molecule has 29 heavy (non-hydrogen) atoms. The summed E-state index contributed by atoms with van der Waals surface area (Å²) in [4.78, 5) is 24.7. The minimum atomic E-state index is -3.40. The normalized spacial score (nSPS) is 18.9. The number of piperazine rings is 1. The first-order valence-corrected chi connectivity index (χ1v) is 13.0. The molecule has 0 aromatic carbocycles. The number of sulfonamides is 1. The van der Waals surface area contributed by atoms with Crippen LogP contribution in [0.5, 0.6) is 0 Å². The van der Waals surface area contributed by atoms with Crippen molar-refractivity contribution in [2.45, 2.75) is 36.4 Å². The predicted molar refractivity (Wildman–Crippen MR) is 115 cm³/mol. The molecule has 1 aliphatic heterocycles. The predicted octanol–water partition coefficient (Wildman–Crippen LogP) is 2.43. The lowest BCUT2D eigenvalue weighted by molar-refractivity contribution is 0.178. The second-order valence-electron chi connectivity index (χ2n) is 7.52. The number of nitrogens with zero attached hydrogens (tertiary/aromatic N) is 3. The molecular formula is C19H22N4O3S3. The Morgan fingerprint density at radius 2 is 1.93 bits per heavy atom. The van der Waals surface area contributed by atoms with Crippen LogP contribution in [0.1, 0.15) is 29.1 Å². The maximum atomic E-state index is 12.7. The summed E-state index contributed by atoms with van der Waals surface area (Å²) in [6.45, 7) is 2.65. The van der Waals surface area contributed by atoms with Crippen molar-refractivity contribution >= 4 is 42.9 Å². The van der Waals surface area contributed by atoms with Gasteiger partial charge in [0.15, 0.2) is 0 Å². The van der Waals surface area contributed by atoms with Crippen molar-refractivity contribution in [3.63, 3.8) is 0 Å². The summed E-state index contributed by atoms with van der Waals surface area (Å²) in [5.41, 5.74) is 1.16. The van der Waals surface area contributed by atoms with Gasteiger partial charge in [0.2, 0.25) is 0 Å². The zero-order valence-electron chi connectivity index (χ0n) is 15.9. The third kappa shape index (κ3) is 3.57. The minimum absolute atomic E-state index is 0.0386. The van der Waals surface area contributed by atoms with Gasteiger partial charge < -0.3 is 4.98 Å². The molecule has 4 heterocycles. The fourth-order valence-electron chi connectivity index (χ4n) is 4.16. The van der Waals surface area contributed by atoms with Crippen LogP contribution in [0.3, 0.4) is 0 Å². The van der Waals surface area contributed by atoms with Crippen molar-refractivity contribution in [2.24, 2.45) is 0 Å². The average molecular weight is 451 g/mol. The Morgan fingerprint density at radius 3 is 2.69 bits per heavy atom. The van der Waals surface area contributed by atoms with Gasteiger partial charge in [0.05, 0.1) is 11.9 Å². The number of H-pyrrole nitrogens is 1. The zero-order chi connectivity index (χ0) is 20.0. The summed E-state index contributed by atoms with van der Waals surface area (Å²) < 4.78 is 27.3. The molecule has 1 saturated heterocycles. The Bertz CT molecular complexity index is 1190. The molecule has 154 valence electrons. The lowest BCUT2D eigenvalue weighted by Gasteiger charge is -2.33. The second kappa shape index (κ2) is 7.59. The second-order valence-corrected chi connectivity index (χ2v) is 11.7. The molecule has 0 atom stereocenters. The summed E-state index contributed by atoms with van der Waals surface area (Å²) in [7, 11) is -3.40. The summed E-state index contributed by atoms with van der Waals surface area (Å²) in [6.07, 6.45) is 4.34. The molecule has 0 bridgehead atoms. The van der Waals surface area contributed by atoms with Crippen LogP contribution in [-0.2, 0) is 29.4 Å². The molecule has 2 aliphatic rings. The fourth-order valence-corrected chi connectivity index (χ4v) is 8.01. The molecule has 0 radical (unpaired) electrons. The number of aryl methyl sites for hydroxylation is 2. The molecule has 1 aliphatic carbocycles. The molecule has 1 N–H and O–H groups in total. The van der Waals surface area contributed by atoms with Gasteiger partial charge in [-0.25, -0.2) is 13.4 Å². The van der Waals surface area contributed by atoms with E-state index in [0.29, 0.717) is 42.8 Å². The fraction of sp³-hybridized carbons (Fsp3) is 0.474. The highest BCUT2D eigenvalue weighted by Gasteiger charge is 2.29. The van der Waals surface area contributed by atoms with Crippen molar-refractivity contribution in [1.29, 1.82) is 0 Å². The largest absolute Gasteiger partial charge is 0.309 e. The van der Waals surface area contributed by atoms with Crippen molar-refractivity contribution in [1.82, 2.24) is 19.2 Å². The van der Waals surface area contributed by atoms with E-state index in [9.17, 15) is 13.2 Å². The third-order valence-corrected chi connectivity index (χ3v) is 10.1. The highest BCUT2D eigenvalue weighted by atomic mass is 32.2. The molecule has 10 heteroatoms. The summed E-state index contributed by atoms with van der Waals surface area (Å²) >= 11 is 2.91. The van der Waals surface area contributed by atoms with Gasteiger partial charge in [0.25, 0.3) is 15.6 Å². The van der Waals surface area contributed by atoms with Gasteiger partial charge in [-0.15, -0.1) is 22.7 Å². The average Bonchev–Trinajstić information content (AvgIpc) is 3.37. The minimum Gasteiger partial charge on any atom is -0.309 e. The van der Waals surface area contributed by atoms with Crippen LogP contribution in [0.4, 0.5) is 0 Å². The van der Waals surface area contributed by atoms with Crippen molar-refractivity contribution in [3.05, 3.63) is 44.1 Å². The van der Waals surface area contributed by atoms with Crippen LogP contribution in [0.2, 0.25) is 0 Å². The highest BCUT2D eigenvalue weighted by Crippen LogP contribution is 2.33. The standard InChI is InChI=1S/C19H22N4O3S3/c24-18-17-13-4-1-2-5-14(13)28-19(17)21-15(20-18)12-22-7-9-23(10-8-22)29(25,26)16-6-3-11-27-16/h3,6,11H,1-2,4-5,7-10,12H2,(H,20,21,24). The van der Waals surface area contributed by atoms with E-state index in [0.717, 1.165) is 29.5 Å². The quantitative estimate of drug-likeness (QED) is 0.660. The number of rotatable bonds is 4. The number of fused-ring (bicyclic) bond motifs is 3. The van der Waals surface area contributed by atoms with Crippen molar-refractivity contribution in [3.8, 4) is 0 Å². The Hall–Kier alpha value is -1.59. The Morgan fingerprint density at radius 1 is 1.14 bits per heavy atom. The first kappa shape index (κ1) is 19.4. The molecule has 1 fully saturated rings. The van der Waals surface area contributed by atoms with E-state index in [1.54, 1.807) is 33.2 Å². The number of nitrogens with one attached hydrogen (secondary N) is 1.